The van der Waals surface area contributed by atoms with E-state index in [1.165, 1.54) is 12.8 Å². The number of hydrogen-bond donors (Lipinski definition) is 1. The molecule has 25 heavy (non-hydrogen) atoms. The zero-order chi connectivity index (χ0) is 17.0. The van der Waals surface area contributed by atoms with Gasteiger partial charge in [0.25, 0.3) is 5.79 Å². The van der Waals surface area contributed by atoms with E-state index < -0.39 is 5.79 Å². The van der Waals surface area contributed by atoms with Crippen molar-refractivity contribution in [1.82, 2.24) is 10.3 Å². The molecular weight excluding hydrogens is 338 g/mol. The molecule has 1 saturated carbocycles. The Balaban J connectivity index is 1.50. The molecule has 1 N–H and O–H groups in total. The number of rotatable bonds is 2. The quantitative estimate of drug-likeness (QED) is 0.893. The highest BCUT2D eigenvalue weighted by Gasteiger charge is 2.44. The number of hydrogen-bond acceptors (Lipinski definition) is 5. The number of anilines is 1. The molecule has 0 spiro atoms. The van der Waals surface area contributed by atoms with Crippen LogP contribution in [-0.4, -0.2) is 30.2 Å². The fraction of sp³-hybridized carbons (Fsp3) is 0.421. The van der Waals surface area contributed by atoms with Crippen LogP contribution in [0.5, 0.6) is 11.5 Å². The molecule has 6 heteroatoms. The number of benzene rings is 1. The molecule has 2 aromatic rings. The van der Waals surface area contributed by atoms with Gasteiger partial charge in [-0.15, -0.1) is 0 Å². The Hall–Kier alpha value is -1.98. The minimum Gasteiger partial charge on any atom is -0.443 e. The third-order valence-corrected chi connectivity index (χ3v) is 5.68. The molecule has 2 fully saturated rings. The summed E-state index contributed by atoms with van der Waals surface area (Å²) in [5.41, 5.74) is 1.83. The molecule has 1 saturated heterocycles. The Bertz CT molecular complexity index is 813. The van der Waals surface area contributed by atoms with Crippen LogP contribution in [0, 0.1) is 0 Å². The highest BCUT2D eigenvalue weighted by molar-refractivity contribution is 6.30. The van der Waals surface area contributed by atoms with Crippen molar-refractivity contribution in [2.24, 2.45) is 0 Å². The average molecular weight is 358 g/mol. The maximum Gasteiger partial charge on any atom is 0.292 e. The molecule has 0 amide bonds. The van der Waals surface area contributed by atoms with E-state index >= 15 is 0 Å². The molecule has 3 aliphatic rings. The molecule has 3 heterocycles. The van der Waals surface area contributed by atoms with Gasteiger partial charge in [0.1, 0.15) is 5.69 Å². The predicted molar refractivity (Wildman–Crippen MR) is 96.5 cm³/mol. The molecule has 0 unspecified atom stereocenters. The van der Waals surface area contributed by atoms with Gasteiger partial charge in [-0.05, 0) is 37.1 Å². The van der Waals surface area contributed by atoms with E-state index in [1.807, 2.05) is 25.1 Å². The molecule has 130 valence electrons. The smallest absolute Gasteiger partial charge is 0.292 e. The van der Waals surface area contributed by atoms with Crippen LogP contribution in [0.2, 0.25) is 5.02 Å². The van der Waals surface area contributed by atoms with E-state index in [0.717, 1.165) is 30.3 Å². The predicted octanol–water partition coefficient (Wildman–Crippen LogP) is 3.32. The standard InChI is InChI=1S/C19H20ClN3O2/c1-19(17-8-5-12(20)11-22-17)24-16-4-2-3-15(18(16)25-19)23-10-9-21-13-6-7-14(13)23/h2-5,8,11,13-14,21H,6-7,9-10H2,1H3/t13-,14-,19+/m1/s1. The van der Waals surface area contributed by atoms with Crippen molar-refractivity contribution in [3.63, 3.8) is 0 Å². The summed E-state index contributed by atoms with van der Waals surface area (Å²) in [4.78, 5) is 6.86. The molecular formula is C19H20ClN3O2. The number of fused-ring (bicyclic) bond motifs is 2. The molecule has 5 nitrogen and oxygen atoms in total. The first kappa shape index (κ1) is 15.3. The lowest BCUT2D eigenvalue weighted by Gasteiger charge is -2.50. The molecule has 0 radical (unpaired) electrons. The van der Waals surface area contributed by atoms with Crippen LogP contribution in [0.25, 0.3) is 0 Å². The third kappa shape index (κ3) is 2.37. The molecule has 0 bridgehead atoms. The van der Waals surface area contributed by atoms with Crippen molar-refractivity contribution in [1.29, 1.82) is 0 Å². The normalized spacial score (nSPS) is 29.9. The highest BCUT2D eigenvalue weighted by Crippen LogP contribution is 2.50. The maximum absolute atomic E-state index is 6.32. The second kappa shape index (κ2) is 5.51. The number of halogens is 1. The minimum atomic E-state index is -0.934. The Morgan fingerprint density at radius 3 is 2.92 bits per heavy atom. The number of nitrogens with zero attached hydrogens (tertiary/aromatic N) is 2. The Kier molecular flexibility index (Phi) is 3.37. The van der Waals surface area contributed by atoms with Crippen LogP contribution in [0.1, 0.15) is 25.5 Å². The van der Waals surface area contributed by atoms with Crippen LogP contribution < -0.4 is 19.7 Å². The summed E-state index contributed by atoms with van der Waals surface area (Å²) in [5.74, 6) is 0.649. The van der Waals surface area contributed by atoms with Crippen LogP contribution >= 0.6 is 11.6 Å². The fourth-order valence-corrected chi connectivity index (χ4v) is 4.13. The lowest BCUT2D eigenvalue weighted by atomic mass is 9.83. The maximum atomic E-state index is 6.32. The summed E-state index contributed by atoms with van der Waals surface area (Å²) >= 11 is 5.96. The van der Waals surface area contributed by atoms with Crippen molar-refractivity contribution in [2.75, 3.05) is 18.0 Å². The van der Waals surface area contributed by atoms with Crippen molar-refractivity contribution in [2.45, 2.75) is 37.6 Å². The number of nitrogens with one attached hydrogen (secondary N) is 1. The first-order chi connectivity index (χ1) is 12.1. The number of ether oxygens (including phenoxy) is 2. The van der Waals surface area contributed by atoms with Crippen LogP contribution in [0.4, 0.5) is 5.69 Å². The minimum absolute atomic E-state index is 0.546. The zero-order valence-corrected chi connectivity index (χ0v) is 14.8. The number of pyridine rings is 1. The Morgan fingerprint density at radius 1 is 1.24 bits per heavy atom. The van der Waals surface area contributed by atoms with Gasteiger partial charge in [-0.1, -0.05) is 17.7 Å². The van der Waals surface area contributed by atoms with E-state index in [0.29, 0.717) is 22.8 Å². The number of aromatic nitrogens is 1. The summed E-state index contributed by atoms with van der Waals surface area (Å²) in [6.45, 7) is 3.88. The van der Waals surface area contributed by atoms with Gasteiger partial charge in [-0.3, -0.25) is 4.98 Å². The third-order valence-electron chi connectivity index (χ3n) is 5.46. The van der Waals surface area contributed by atoms with Crippen LogP contribution in [-0.2, 0) is 5.79 Å². The van der Waals surface area contributed by atoms with Gasteiger partial charge in [0, 0.05) is 38.3 Å². The van der Waals surface area contributed by atoms with Crippen LogP contribution in [0.15, 0.2) is 36.5 Å². The Labute approximate surface area is 151 Å². The van der Waals surface area contributed by atoms with Gasteiger partial charge < -0.3 is 19.7 Å². The van der Waals surface area contributed by atoms with E-state index in [-0.39, 0.29) is 0 Å². The van der Waals surface area contributed by atoms with E-state index in [1.54, 1.807) is 12.3 Å². The van der Waals surface area contributed by atoms with Gasteiger partial charge in [0.15, 0.2) is 11.5 Å². The van der Waals surface area contributed by atoms with E-state index in [2.05, 4.69) is 21.3 Å². The molecule has 1 aliphatic carbocycles. The van der Waals surface area contributed by atoms with Gasteiger partial charge in [-0.2, -0.15) is 0 Å². The first-order valence-electron chi connectivity index (χ1n) is 8.77. The van der Waals surface area contributed by atoms with Gasteiger partial charge in [0.05, 0.1) is 10.7 Å². The summed E-state index contributed by atoms with van der Waals surface area (Å²) in [6, 6.07) is 10.9. The topological polar surface area (TPSA) is 46.6 Å². The van der Waals surface area contributed by atoms with Gasteiger partial charge in [0.2, 0.25) is 0 Å². The van der Waals surface area contributed by atoms with E-state index in [9.17, 15) is 0 Å². The molecule has 5 rings (SSSR count). The fourth-order valence-electron chi connectivity index (χ4n) is 4.02. The summed E-state index contributed by atoms with van der Waals surface area (Å²) < 4.78 is 12.5. The average Bonchev–Trinajstić information content (AvgIpc) is 2.93. The first-order valence-corrected chi connectivity index (χ1v) is 9.15. The Morgan fingerprint density at radius 2 is 2.16 bits per heavy atom. The summed E-state index contributed by atoms with van der Waals surface area (Å²) in [6.07, 6.45) is 4.09. The number of piperazine rings is 1. The largest absolute Gasteiger partial charge is 0.443 e. The monoisotopic (exact) mass is 357 g/mol. The second-order valence-electron chi connectivity index (χ2n) is 7.01. The van der Waals surface area contributed by atoms with Gasteiger partial charge >= 0.3 is 0 Å². The van der Waals surface area contributed by atoms with Crippen LogP contribution in [0.3, 0.4) is 0 Å². The van der Waals surface area contributed by atoms with Crippen molar-refractivity contribution in [3.8, 4) is 11.5 Å². The lowest BCUT2D eigenvalue weighted by Crippen LogP contribution is -2.63. The summed E-state index contributed by atoms with van der Waals surface area (Å²) in [7, 11) is 0. The van der Waals surface area contributed by atoms with Crippen molar-refractivity contribution >= 4 is 17.3 Å². The highest BCUT2D eigenvalue weighted by atomic mass is 35.5. The van der Waals surface area contributed by atoms with Gasteiger partial charge in [-0.25, -0.2) is 0 Å². The second-order valence-corrected chi connectivity index (χ2v) is 7.45. The van der Waals surface area contributed by atoms with Crippen molar-refractivity contribution < 1.29 is 9.47 Å². The summed E-state index contributed by atoms with van der Waals surface area (Å²) in [5, 5.41) is 4.19. The van der Waals surface area contributed by atoms with E-state index in [4.69, 9.17) is 21.1 Å². The number of para-hydroxylation sites is 1. The molecule has 3 atom stereocenters. The van der Waals surface area contributed by atoms with Crippen molar-refractivity contribution in [3.05, 3.63) is 47.2 Å². The molecule has 1 aromatic carbocycles. The lowest BCUT2D eigenvalue weighted by molar-refractivity contribution is -0.0716. The molecule has 1 aromatic heterocycles. The SMILES string of the molecule is C[C@]1(c2ccc(Cl)cn2)Oc2cccc(N3CCN[C@@H]4CC[C@H]43)c2O1. The zero-order valence-electron chi connectivity index (χ0n) is 14.0. The molecule has 2 aliphatic heterocycles.